The maximum absolute atomic E-state index is 10.7. The normalized spacial score (nSPS) is 13.5. The third-order valence-electron chi connectivity index (χ3n) is 5.31. The quantitative estimate of drug-likeness (QED) is 0.353. The topological polar surface area (TPSA) is 78.7 Å². The molecule has 0 radical (unpaired) electrons. The average molecular weight is 456 g/mol. The van der Waals surface area contributed by atoms with Crippen molar-refractivity contribution < 1.29 is 14.6 Å². The van der Waals surface area contributed by atoms with E-state index in [1.807, 2.05) is 84.2 Å². The zero-order chi connectivity index (χ0) is 22.8. The highest BCUT2D eigenvalue weighted by Gasteiger charge is 2.31. The van der Waals surface area contributed by atoms with E-state index >= 15 is 0 Å². The summed E-state index contributed by atoms with van der Waals surface area (Å²) in [5, 5.41) is 21.9. The summed E-state index contributed by atoms with van der Waals surface area (Å²) in [5.74, 6) is 2.57. The first-order chi connectivity index (χ1) is 16.1. The van der Waals surface area contributed by atoms with Crippen molar-refractivity contribution in [3.05, 3.63) is 95.0 Å². The lowest BCUT2D eigenvalue weighted by molar-refractivity contribution is 0.411. The number of hydrogen-bond acceptors (Lipinski definition) is 6. The fraction of sp³-hybridized carbons (Fsp3) is 0.0769. The van der Waals surface area contributed by atoms with Crippen LogP contribution in [0.2, 0.25) is 0 Å². The average Bonchev–Trinajstić information content (AvgIpc) is 3.44. The second-order valence-corrected chi connectivity index (χ2v) is 8.29. The highest BCUT2D eigenvalue weighted by atomic mass is 32.1. The molecule has 164 valence electrons. The summed E-state index contributed by atoms with van der Waals surface area (Å²) < 4.78 is 11.1. The maximum Gasteiger partial charge on any atom is 0.139 e. The van der Waals surface area contributed by atoms with E-state index in [1.54, 1.807) is 12.0 Å². The van der Waals surface area contributed by atoms with Crippen LogP contribution in [0.15, 0.2) is 90.0 Å². The number of amidine groups is 1. The molecule has 0 unspecified atom stereocenters. The van der Waals surface area contributed by atoms with Crippen molar-refractivity contribution >= 4 is 28.4 Å². The molecule has 1 aromatic heterocycles. The molecule has 2 N–H and O–H groups in total. The van der Waals surface area contributed by atoms with Crippen LogP contribution in [0.3, 0.4) is 0 Å². The van der Waals surface area contributed by atoms with Gasteiger partial charge in [0.2, 0.25) is 0 Å². The lowest BCUT2D eigenvalue weighted by atomic mass is 10.1. The molecule has 33 heavy (non-hydrogen) atoms. The van der Waals surface area contributed by atoms with Gasteiger partial charge in [0.1, 0.15) is 33.9 Å². The van der Waals surface area contributed by atoms with Crippen LogP contribution in [0.1, 0.15) is 5.01 Å². The van der Waals surface area contributed by atoms with Crippen LogP contribution in [0.5, 0.6) is 17.2 Å². The third-order valence-corrected chi connectivity index (χ3v) is 6.17. The minimum absolute atomic E-state index is 0.135. The molecule has 1 aliphatic rings. The molecule has 0 fully saturated rings. The van der Waals surface area contributed by atoms with Gasteiger partial charge in [0, 0.05) is 16.6 Å². The molecule has 0 aliphatic carbocycles. The fourth-order valence-corrected chi connectivity index (χ4v) is 4.54. The number of rotatable bonds is 6. The molecule has 6 nitrogen and oxygen atoms in total. The van der Waals surface area contributed by atoms with Gasteiger partial charge in [-0.05, 0) is 48.5 Å². The lowest BCUT2D eigenvalue weighted by Crippen LogP contribution is -2.25. The molecule has 3 aromatic carbocycles. The summed E-state index contributed by atoms with van der Waals surface area (Å²) >= 11 is 1.41. The van der Waals surface area contributed by atoms with Crippen LogP contribution >= 0.6 is 11.3 Å². The van der Waals surface area contributed by atoms with Crippen molar-refractivity contribution in [1.29, 1.82) is 5.41 Å². The van der Waals surface area contributed by atoms with Gasteiger partial charge in [-0.3, -0.25) is 5.41 Å². The van der Waals surface area contributed by atoms with E-state index in [0.717, 1.165) is 28.4 Å². The van der Waals surface area contributed by atoms with Crippen molar-refractivity contribution in [3.63, 3.8) is 0 Å². The van der Waals surface area contributed by atoms with E-state index in [1.165, 1.54) is 11.3 Å². The monoisotopic (exact) mass is 455 g/mol. The second kappa shape index (κ2) is 8.80. The van der Waals surface area contributed by atoms with Crippen molar-refractivity contribution in [1.82, 2.24) is 4.98 Å². The highest BCUT2D eigenvalue weighted by Crippen LogP contribution is 2.35. The number of hydrogen-bond donors (Lipinski definition) is 2. The number of methoxy groups -OCH3 is 1. The Labute approximate surface area is 195 Å². The number of benzene rings is 3. The van der Waals surface area contributed by atoms with Crippen LogP contribution < -0.4 is 14.4 Å². The van der Waals surface area contributed by atoms with E-state index in [0.29, 0.717) is 16.3 Å². The molecule has 0 saturated heterocycles. The number of aliphatic hydroxyl groups is 1. The van der Waals surface area contributed by atoms with Crippen molar-refractivity contribution in [2.24, 2.45) is 0 Å². The second-order valence-electron chi connectivity index (χ2n) is 7.44. The predicted octanol–water partition coefficient (Wildman–Crippen LogP) is 6.38. The number of aromatic nitrogens is 1. The Morgan fingerprint density at radius 2 is 1.67 bits per heavy atom. The van der Waals surface area contributed by atoms with Crippen LogP contribution in [-0.4, -0.2) is 29.6 Å². The molecular formula is C26H21N3O3S. The molecule has 7 heteroatoms. The van der Waals surface area contributed by atoms with Crippen LogP contribution in [0.4, 0.5) is 5.69 Å². The Kier molecular flexibility index (Phi) is 5.54. The zero-order valence-corrected chi connectivity index (χ0v) is 18.7. The standard InChI is InChI=1S/C26H21N3O3S/c1-31-21-9-5-6-17(14-21)22-16-33-26(28-22)24-23(30)15-29(25(24)27)18-10-12-20(13-11-18)32-19-7-3-2-4-8-19/h2-14,16,27,30H,15H2,1H3. The minimum atomic E-state index is 0.135. The Bertz CT molecular complexity index is 1330. The Morgan fingerprint density at radius 3 is 2.42 bits per heavy atom. The molecule has 0 spiro atoms. The number of anilines is 1. The molecule has 0 saturated carbocycles. The molecule has 1 aliphatic heterocycles. The molecule has 0 bridgehead atoms. The molecule has 0 atom stereocenters. The smallest absolute Gasteiger partial charge is 0.139 e. The summed E-state index contributed by atoms with van der Waals surface area (Å²) in [7, 11) is 1.63. The summed E-state index contributed by atoms with van der Waals surface area (Å²) in [6.45, 7) is 0.223. The Morgan fingerprint density at radius 1 is 0.939 bits per heavy atom. The molecule has 5 rings (SSSR count). The van der Waals surface area contributed by atoms with E-state index in [2.05, 4.69) is 4.98 Å². The van der Waals surface area contributed by atoms with Gasteiger partial charge in [0.05, 0.1) is 24.9 Å². The van der Waals surface area contributed by atoms with Crippen LogP contribution in [0.25, 0.3) is 16.8 Å². The molecule has 2 heterocycles. The number of nitrogens with one attached hydrogen (secondary N) is 1. The first-order valence-corrected chi connectivity index (χ1v) is 11.2. The minimum Gasteiger partial charge on any atom is -0.510 e. The molecule has 0 amide bonds. The van der Waals surface area contributed by atoms with Gasteiger partial charge < -0.3 is 19.5 Å². The summed E-state index contributed by atoms with van der Waals surface area (Å²) in [6.07, 6.45) is 0. The Balaban J connectivity index is 1.34. The van der Waals surface area contributed by atoms with Gasteiger partial charge in [0.25, 0.3) is 0 Å². The van der Waals surface area contributed by atoms with Gasteiger partial charge >= 0.3 is 0 Å². The van der Waals surface area contributed by atoms with Gasteiger partial charge in [-0.15, -0.1) is 11.3 Å². The van der Waals surface area contributed by atoms with Crippen molar-refractivity contribution in [2.45, 2.75) is 0 Å². The third kappa shape index (κ3) is 4.18. The number of para-hydroxylation sites is 1. The SMILES string of the molecule is COc1cccc(-c2csc(C3=C(O)CN(c4ccc(Oc5ccccc5)cc4)C3=N)n2)c1. The summed E-state index contributed by atoms with van der Waals surface area (Å²) in [5.41, 5.74) is 2.96. The first kappa shape index (κ1) is 20.8. The first-order valence-electron chi connectivity index (χ1n) is 10.3. The zero-order valence-electron chi connectivity index (χ0n) is 17.9. The Hall–Kier alpha value is -4.10. The number of nitrogens with zero attached hydrogens (tertiary/aromatic N) is 2. The van der Waals surface area contributed by atoms with Gasteiger partial charge in [-0.1, -0.05) is 30.3 Å². The fourth-order valence-electron chi connectivity index (χ4n) is 3.65. The molecule has 4 aromatic rings. The van der Waals surface area contributed by atoms with E-state index < -0.39 is 0 Å². The summed E-state index contributed by atoms with van der Waals surface area (Å²) in [6, 6.07) is 24.7. The summed E-state index contributed by atoms with van der Waals surface area (Å²) in [4.78, 5) is 6.44. The largest absolute Gasteiger partial charge is 0.510 e. The molecular weight excluding hydrogens is 434 g/mol. The van der Waals surface area contributed by atoms with E-state index in [-0.39, 0.29) is 18.1 Å². The number of ether oxygens (including phenoxy) is 2. The predicted molar refractivity (Wildman–Crippen MR) is 132 cm³/mol. The van der Waals surface area contributed by atoms with Crippen LogP contribution in [0, 0.1) is 5.41 Å². The maximum atomic E-state index is 10.7. The van der Waals surface area contributed by atoms with E-state index in [4.69, 9.17) is 14.9 Å². The van der Waals surface area contributed by atoms with E-state index in [9.17, 15) is 5.11 Å². The van der Waals surface area contributed by atoms with Crippen molar-refractivity contribution in [2.75, 3.05) is 18.6 Å². The van der Waals surface area contributed by atoms with Gasteiger partial charge in [-0.25, -0.2) is 4.98 Å². The lowest BCUT2D eigenvalue weighted by Gasteiger charge is -2.19. The highest BCUT2D eigenvalue weighted by molar-refractivity contribution is 7.11. The van der Waals surface area contributed by atoms with Gasteiger partial charge in [0.15, 0.2) is 0 Å². The number of aliphatic hydroxyl groups excluding tert-OH is 1. The number of thiazole rings is 1. The van der Waals surface area contributed by atoms with Gasteiger partial charge in [-0.2, -0.15) is 0 Å². The van der Waals surface area contributed by atoms with Crippen LogP contribution in [-0.2, 0) is 0 Å². The van der Waals surface area contributed by atoms with Crippen molar-refractivity contribution in [3.8, 4) is 28.5 Å².